The van der Waals surface area contributed by atoms with Crippen LogP contribution in [0.15, 0.2) is 21.3 Å². The van der Waals surface area contributed by atoms with Crippen LogP contribution in [0.5, 0.6) is 0 Å². The van der Waals surface area contributed by atoms with Gasteiger partial charge in [0, 0.05) is 6.20 Å². The highest BCUT2D eigenvalue weighted by molar-refractivity contribution is 9.13. The molecule has 1 atom stereocenters. The van der Waals surface area contributed by atoms with Crippen molar-refractivity contribution in [1.82, 2.24) is 4.98 Å². The fraction of sp³-hybridized carbons (Fsp3) is 0.286. The SMILES string of the molecule is N[C@H](c1ccnc(Br)c1Br)C(F)(F)F. The monoisotopic (exact) mass is 332 g/mol. The van der Waals surface area contributed by atoms with Gasteiger partial charge in [0.15, 0.2) is 0 Å². The zero-order valence-electron chi connectivity index (χ0n) is 6.65. The molecule has 0 saturated heterocycles. The van der Waals surface area contributed by atoms with Crippen molar-refractivity contribution in [3.8, 4) is 0 Å². The van der Waals surface area contributed by atoms with Gasteiger partial charge in [0.2, 0.25) is 0 Å². The van der Waals surface area contributed by atoms with Gasteiger partial charge in [-0.25, -0.2) is 4.98 Å². The second-order valence-electron chi connectivity index (χ2n) is 2.52. The van der Waals surface area contributed by atoms with E-state index in [1.54, 1.807) is 0 Å². The quantitative estimate of drug-likeness (QED) is 0.802. The number of nitrogens with zero attached hydrogens (tertiary/aromatic N) is 1. The van der Waals surface area contributed by atoms with Gasteiger partial charge in [0.1, 0.15) is 10.6 Å². The molecule has 0 amide bonds. The van der Waals surface area contributed by atoms with E-state index in [0.717, 1.165) is 0 Å². The summed E-state index contributed by atoms with van der Waals surface area (Å²) in [4.78, 5) is 3.75. The maximum Gasteiger partial charge on any atom is 0.407 e. The number of pyridine rings is 1. The highest BCUT2D eigenvalue weighted by atomic mass is 79.9. The average Bonchev–Trinajstić information content (AvgIpc) is 2.07. The third kappa shape index (κ3) is 2.46. The first-order valence-electron chi connectivity index (χ1n) is 3.46. The fourth-order valence-electron chi connectivity index (χ4n) is 0.848. The molecule has 1 heterocycles. The minimum atomic E-state index is -4.46. The average molecular weight is 334 g/mol. The summed E-state index contributed by atoms with van der Waals surface area (Å²) in [5, 5.41) is 0. The molecule has 0 bridgehead atoms. The lowest BCUT2D eigenvalue weighted by Gasteiger charge is -2.17. The molecule has 1 aromatic rings. The van der Waals surface area contributed by atoms with Crippen LogP contribution in [0.1, 0.15) is 11.6 Å². The van der Waals surface area contributed by atoms with E-state index in [4.69, 9.17) is 5.73 Å². The van der Waals surface area contributed by atoms with Crippen molar-refractivity contribution >= 4 is 31.9 Å². The van der Waals surface area contributed by atoms with Crippen LogP contribution in [0.25, 0.3) is 0 Å². The van der Waals surface area contributed by atoms with Gasteiger partial charge < -0.3 is 5.73 Å². The Morgan fingerprint density at radius 1 is 1.36 bits per heavy atom. The molecule has 0 unspecified atom stereocenters. The molecule has 2 N–H and O–H groups in total. The van der Waals surface area contributed by atoms with E-state index in [9.17, 15) is 13.2 Å². The summed E-state index contributed by atoms with van der Waals surface area (Å²) >= 11 is 5.98. The first-order chi connectivity index (χ1) is 6.34. The van der Waals surface area contributed by atoms with Gasteiger partial charge in [-0.1, -0.05) is 0 Å². The molecule has 2 nitrogen and oxygen atoms in total. The van der Waals surface area contributed by atoms with Crippen molar-refractivity contribution in [3.05, 3.63) is 26.9 Å². The molecule has 0 fully saturated rings. The van der Waals surface area contributed by atoms with Crippen LogP contribution >= 0.6 is 31.9 Å². The highest BCUT2D eigenvalue weighted by Gasteiger charge is 2.39. The number of alkyl halides is 3. The number of aromatic nitrogens is 1. The van der Waals surface area contributed by atoms with E-state index in [1.165, 1.54) is 12.3 Å². The van der Waals surface area contributed by atoms with Gasteiger partial charge in [-0.05, 0) is 43.5 Å². The van der Waals surface area contributed by atoms with Gasteiger partial charge in [0.05, 0.1) is 4.47 Å². The molecule has 0 aliphatic heterocycles. The standard InChI is InChI=1S/C7H5Br2F3N2/c8-4-3(1-2-14-6(4)9)5(13)7(10,11)12/h1-2,5H,13H2/t5-/m1/s1. The molecule has 0 radical (unpaired) electrons. The smallest absolute Gasteiger partial charge is 0.316 e. The second-order valence-corrected chi connectivity index (χ2v) is 4.07. The molecular weight excluding hydrogens is 329 g/mol. The lowest BCUT2D eigenvalue weighted by molar-refractivity contribution is -0.149. The first-order valence-corrected chi connectivity index (χ1v) is 5.05. The molecule has 14 heavy (non-hydrogen) atoms. The van der Waals surface area contributed by atoms with Crippen molar-refractivity contribution in [1.29, 1.82) is 0 Å². The van der Waals surface area contributed by atoms with Gasteiger partial charge >= 0.3 is 6.18 Å². The Morgan fingerprint density at radius 3 is 2.43 bits per heavy atom. The number of rotatable bonds is 1. The summed E-state index contributed by atoms with van der Waals surface area (Å²) in [7, 11) is 0. The third-order valence-electron chi connectivity index (χ3n) is 1.56. The van der Waals surface area contributed by atoms with Crippen molar-refractivity contribution in [2.45, 2.75) is 12.2 Å². The van der Waals surface area contributed by atoms with Gasteiger partial charge in [0.25, 0.3) is 0 Å². The van der Waals surface area contributed by atoms with Crippen LogP contribution in [0.4, 0.5) is 13.2 Å². The van der Waals surface area contributed by atoms with Crippen molar-refractivity contribution in [2.75, 3.05) is 0 Å². The minimum absolute atomic E-state index is 0.0422. The predicted molar refractivity (Wildman–Crippen MR) is 52.6 cm³/mol. The largest absolute Gasteiger partial charge is 0.407 e. The molecule has 1 rings (SSSR count). The van der Waals surface area contributed by atoms with Gasteiger partial charge in [-0.2, -0.15) is 13.2 Å². The molecule has 78 valence electrons. The molecule has 0 aliphatic carbocycles. The van der Waals surface area contributed by atoms with E-state index in [1.807, 2.05) is 0 Å². The van der Waals surface area contributed by atoms with Crippen molar-refractivity contribution in [2.24, 2.45) is 5.73 Å². The van der Waals surface area contributed by atoms with Crippen LogP contribution in [0, 0.1) is 0 Å². The summed E-state index contributed by atoms with van der Waals surface area (Å²) in [6.45, 7) is 0. The van der Waals surface area contributed by atoms with Crippen LogP contribution in [0.3, 0.4) is 0 Å². The van der Waals surface area contributed by atoms with Crippen LogP contribution < -0.4 is 5.73 Å². The summed E-state index contributed by atoms with van der Waals surface area (Å²) in [6, 6.07) is -0.774. The Labute approximate surface area is 95.0 Å². The van der Waals surface area contributed by atoms with E-state index < -0.39 is 12.2 Å². The molecule has 0 aliphatic rings. The number of halogens is 5. The van der Waals surface area contributed by atoms with Gasteiger partial charge in [-0.15, -0.1) is 0 Å². The Hall–Kier alpha value is -0.140. The molecule has 0 spiro atoms. The fourth-order valence-corrected chi connectivity index (χ4v) is 1.68. The van der Waals surface area contributed by atoms with E-state index >= 15 is 0 Å². The Kier molecular flexibility index (Phi) is 3.54. The van der Waals surface area contributed by atoms with Crippen LogP contribution in [0.2, 0.25) is 0 Å². The number of hydrogen-bond donors (Lipinski definition) is 1. The summed E-state index contributed by atoms with van der Waals surface area (Å²) in [5.74, 6) is 0. The Bertz CT molecular complexity index is 340. The Morgan fingerprint density at radius 2 is 1.93 bits per heavy atom. The summed E-state index contributed by atoms with van der Waals surface area (Å²) in [6.07, 6.45) is -3.20. The lowest BCUT2D eigenvalue weighted by Crippen LogP contribution is -2.28. The van der Waals surface area contributed by atoms with Crippen molar-refractivity contribution in [3.63, 3.8) is 0 Å². The lowest BCUT2D eigenvalue weighted by atomic mass is 10.1. The molecule has 1 aromatic heterocycles. The molecule has 0 saturated carbocycles. The first kappa shape index (κ1) is 11.9. The third-order valence-corrected chi connectivity index (χ3v) is 3.53. The zero-order valence-corrected chi connectivity index (χ0v) is 9.82. The molecule has 7 heteroatoms. The maximum absolute atomic E-state index is 12.3. The van der Waals surface area contributed by atoms with Crippen LogP contribution in [-0.4, -0.2) is 11.2 Å². The van der Waals surface area contributed by atoms with E-state index in [-0.39, 0.29) is 10.0 Å². The van der Waals surface area contributed by atoms with Gasteiger partial charge in [-0.3, -0.25) is 0 Å². The predicted octanol–water partition coefficient (Wildman–Crippen LogP) is 3.17. The Balaban J connectivity index is 3.14. The van der Waals surface area contributed by atoms with E-state index in [0.29, 0.717) is 4.60 Å². The highest BCUT2D eigenvalue weighted by Crippen LogP contribution is 2.36. The molecule has 0 aromatic carbocycles. The normalized spacial score (nSPS) is 14.1. The topological polar surface area (TPSA) is 38.9 Å². The molecular formula is C7H5Br2F3N2. The second kappa shape index (κ2) is 4.16. The number of nitrogens with two attached hydrogens (primary N) is 1. The zero-order chi connectivity index (χ0) is 10.9. The summed E-state index contributed by atoms with van der Waals surface area (Å²) in [5.41, 5.74) is 5.00. The minimum Gasteiger partial charge on any atom is -0.316 e. The maximum atomic E-state index is 12.3. The summed E-state index contributed by atoms with van der Waals surface area (Å²) < 4.78 is 37.3. The van der Waals surface area contributed by atoms with Crippen LogP contribution in [-0.2, 0) is 0 Å². The van der Waals surface area contributed by atoms with Crippen molar-refractivity contribution < 1.29 is 13.2 Å². The van der Waals surface area contributed by atoms with E-state index in [2.05, 4.69) is 36.8 Å². The number of hydrogen-bond acceptors (Lipinski definition) is 2.